The molecule has 28 heavy (non-hydrogen) atoms. The van der Waals surface area contributed by atoms with E-state index in [4.69, 9.17) is 14.5 Å². The van der Waals surface area contributed by atoms with E-state index in [1.807, 2.05) is 23.6 Å². The lowest BCUT2D eigenvalue weighted by Crippen LogP contribution is -2.37. The summed E-state index contributed by atoms with van der Waals surface area (Å²) in [5.41, 5.74) is 2.22. The fourth-order valence-electron chi connectivity index (χ4n) is 3.29. The van der Waals surface area contributed by atoms with Crippen LogP contribution >= 0.6 is 0 Å². The smallest absolute Gasteiger partial charge is 0.376 e. The Morgan fingerprint density at radius 2 is 1.89 bits per heavy atom. The summed E-state index contributed by atoms with van der Waals surface area (Å²) < 4.78 is 12.6. The summed E-state index contributed by atoms with van der Waals surface area (Å²) in [6.45, 7) is 7.26. The van der Waals surface area contributed by atoms with Crippen molar-refractivity contribution in [2.24, 2.45) is 0 Å². The SMILES string of the molecule is CCOC(=O)c1nc(N2CCOCC2)c2nc(-c3ccncc3)n(CC)c2n1. The highest BCUT2D eigenvalue weighted by Crippen LogP contribution is 2.29. The number of aryl methyl sites for hydroxylation is 1. The number of nitrogens with zero attached hydrogens (tertiary/aromatic N) is 6. The molecule has 0 aliphatic carbocycles. The first kappa shape index (κ1) is 18.3. The van der Waals surface area contributed by atoms with Crippen molar-refractivity contribution in [3.05, 3.63) is 30.4 Å². The largest absolute Gasteiger partial charge is 0.460 e. The lowest BCUT2D eigenvalue weighted by molar-refractivity contribution is 0.0512. The van der Waals surface area contributed by atoms with E-state index in [1.165, 1.54) is 0 Å². The van der Waals surface area contributed by atoms with Gasteiger partial charge in [-0.1, -0.05) is 0 Å². The molecule has 0 aromatic carbocycles. The van der Waals surface area contributed by atoms with Crippen molar-refractivity contribution in [1.82, 2.24) is 24.5 Å². The number of imidazole rings is 1. The molecular formula is C19H22N6O3. The van der Waals surface area contributed by atoms with Crippen LogP contribution in [0.1, 0.15) is 24.5 Å². The third kappa shape index (κ3) is 3.29. The Bertz CT molecular complexity index is 982. The summed E-state index contributed by atoms with van der Waals surface area (Å²) in [6.07, 6.45) is 3.46. The second-order valence-electron chi connectivity index (χ2n) is 6.28. The number of rotatable bonds is 5. The Labute approximate surface area is 162 Å². The lowest BCUT2D eigenvalue weighted by atomic mass is 10.2. The third-order valence-corrected chi connectivity index (χ3v) is 4.60. The minimum Gasteiger partial charge on any atom is -0.460 e. The van der Waals surface area contributed by atoms with Crippen LogP contribution in [0.2, 0.25) is 0 Å². The molecule has 3 aromatic heterocycles. The Morgan fingerprint density at radius 1 is 1.14 bits per heavy atom. The zero-order valence-corrected chi connectivity index (χ0v) is 16.0. The second kappa shape index (κ2) is 7.89. The number of anilines is 1. The van der Waals surface area contributed by atoms with Crippen molar-refractivity contribution in [2.75, 3.05) is 37.8 Å². The van der Waals surface area contributed by atoms with E-state index < -0.39 is 5.97 Å². The summed E-state index contributed by atoms with van der Waals surface area (Å²) in [5.74, 6) is 0.920. The molecule has 0 spiro atoms. The molecule has 1 fully saturated rings. The van der Waals surface area contributed by atoms with Gasteiger partial charge in [0.25, 0.3) is 0 Å². The molecule has 1 aliphatic rings. The van der Waals surface area contributed by atoms with Crippen LogP contribution in [0.25, 0.3) is 22.6 Å². The molecule has 9 nitrogen and oxygen atoms in total. The molecule has 1 saturated heterocycles. The van der Waals surface area contributed by atoms with Crippen LogP contribution in [0.4, 0.5) is 5.82 Å². The third-order valence-electron chi connectivity index (χ3n) is 4.60. The first-order chi connectivity index (χ1) is 13.7. The highest BCUT2D eigenvalue weighted by Gasteiger charge is 2.25. The van der Waals surface area contributed by atoms with Crippen LogP contribution in [0.5, 0.6) is 0 Å². The number of carbonyl (C=O) groups excluding carboxylic acids is 1. The summed E-state index contributed by atoms with van der Waals surface area (Å²) in [6, 6.07) is 3.81. The molecule has 1 aliphatic heterocycles. The average Bonchev–Trinajstić information content (AvgIpc) is 3.13. The number of hydrogen-bond donors (Lipinski definition) is 0. The van der Waals surface area contributed by atoms with E-state index >= 15 is 0 Å². The summed E-state index contributed by atoms with van der Waals surface area (Å²) in [7, 11) is 0. The molecule has 0 amide bonds. The topological polar surface area (TPSA) is 95.3 Å². The molecule has 0 radical (unpaired) electrons. The maximum Gasteiger partial charge on any atom is 0.376 e. The number of hydrogen-bond acceptors (Lipinski definition) is 8. The van der Waals surface area contributed by atoms with Crippen LogP contribution < -0.4 is 4.90 Å². The zero-order valence-electron chi connectivity index (χ0n) is 16.0. The van der Waals surface area contributed by atoms with E-state index in [2.05, 4.69) is 19.9 Å². The van der Waals surface area contributed by atoms with Crippen LogP contribution in [-0.4, -0.2) is 63.4 Å². The van der Waals surface area contributed by atoms with Gasteiger partial charge >= 0.3 is 5.97 Å². The Kier molecular flexibility index (Phi) is 5.16. The molecule has 4 heterocycles. The Morgan fingerprint density at radius 3 is 2.57 bits per heavy atom. The lowest BCUT2D eigenvalue weighted by Gasteiger charge is -2.27. The standard InChI is InChI=1S/C19H22N6O3/c1-3-25-16(13-5-7-20-8-6-13)21-14-17(24-9-11-27-12-10-24)22-15(23-18(14)25)19(26)28-4-2/h5-8H,3-4,9-12H2,1-2H3. The molecule has 0 bridgehead atoms. The first-order valence-electron chi connectivity index (χ1n) is 9.41. The number of morpholine rings is 1. The zero-order chi connectivity index (χ0) is 19.5. The van der Waals surface area contributed by atoms with E-state index in [0.717, 1.165) is 11.4 Å². The molecule has 0 saturated carbocycles. The van der Waals surface area contributed by atoms with Crippen molar-refractivity contribution >= 4 is 23.0 Å². The van der Waals surface area contributed by atoms with E-state index in [-0.39, 0.29) is 12.4 Å². The predicted octanol–water partition coefficient (Wildman–Crippen LogP) is 1.92. The number of esters is 1. The minimum absolute atomic E-state index is 0.0479. The van der Waals surface area contributed by atoms with E-state index in [9.17, 15) is 4.79 Å². The number of aromatic nitrogens is 5. The van der Waals surface area contributed by atoms with Gasteiger partial charge in [0.1, 0.15) is 5.82 Å². The molecule has 0 atom stereocenters. The second-order valence-corrected chi connectivity index (χ2v) is 6.28. The number of carbonyl (C=O) groups is 1. The van der Waals surface area contributed by atoms with Gasteiger partial charge < -0.3 is 18.9 Å². The number of ether oxygens (including phenoxy) is 2. The normalized spacial score (nSPS) is 14.4. The van der Waals surface area contributed by atoms with Crippen LogP contribution in [0.15, 0.2) is 24.5 Å². The predicted molar refractivity (Wildman–Crippen MR) is 103 cm³/mol. The Hall–Kier alpha value is -3.07. The van der Waals surface area contributed by atoms with Gasteiger partial charge in [-0.15, -0.1) is 0 Å². The average molecular weight is 382 g/mol. The fraction of sp³-hybridized carbons (Fsp3) is 0.421. The maximum absolute atomic E-state index is 12.4. The fourth-order valence-corrected chi connectivity index (χ4v) is 3.29. The van der Waals surface area contributed by atoms with E-state index in [1.54, 1.807) is 19.3 Å². The summed E-state index contributed by atoms with van der Waals surface area (Å²) in [5, 5.41) is 0. The molecule has 0 N–H and O–H groups in total. The van der Waals surface area contributed by atoms with E-state index in [0.29, 0.717) is 49.8 Å². The first-order valence-corrected chi connectivity index (χ1v) is 9.41. The van der Waals surface area contributed by atoms with Crippen LogP contribution in [0, 0.1) is 0 Å². The van der Waals surface area contributed by atoms with Gasteiger partial charge in [-0.25, -0.2) is 19.7 Å². The molecule has 3 aromatic rings. The quantitative estimate of drug-likeness (QED) is 0.618. The van der Waals surface area contributed by atoms with Gasteiger partial charge in [0, 0.05) is 37.6 Å². The Balaban J connectivity index is 1.94. The van der Waals surface area contributed by atoms with Crippen molar-refractivity contribution in [3.63, 3.8) is 0 Å². The molecule has 4 rings (SSSR count). The molecular weight excluding hydrogens is 360 g/mol. The van der Waals surface area contributed by atoms with Gasteiger partial charge in [-0.2, -0.15) is 0 Å². The van der Waals surface area contributed by atoms with Crippen molar-refractivity contribution in [3.8, 4) is 11.4 Å². The number of pyridine rings is 1. The van der Waals surface area contributed by atoms with Gasteiger partial charge in [-0.3, -0.25) is 4.98 Å². The van der Waals surface area contributed by atoms with Gasteiger partial charge in [0.15, 0.2) is 17.0 Å². The molecule has 9 heteroatoms. The maximum atomic E-state index is 12.4. The molecule has 0 unspecified atom stereocenters. The minimum atomic E-state index is -0.534. The monoisotopic (exact) mass is 382 g/mol. The highest BCUT2D eigenvalue weighted by atomic mass is 16.5. The van der Waals surface area contributed by atoms with Gasteiger partial charge in [-0.05, 0) is 26.0 Å². The van der Waals surface area contributed by atoms with Crippen LogP contribution in [0.3, 0.4) is 0 Å². The van der Waals surface area contributed by atoms with Gasteiger partial charge in [0.2, 0.25) is 5.82 Å². The highest BCUT2D eigenvalue weighted by molar-refractivity contribution is 5.93. The number of fused-ring (bicyclic) bond motifs is 1. The van der Waals surface area contributed by atoms with Crippen LogP contribution in [-0.2, 0) is 16.0 Å². The van der Waals surface area contributed by atoms with Crippen molar-refractivity contribution in [1.29, 1.82) is 0 Å². The van der Waals surface area contributed by atoms with Crippen molar-refractivity contribution in [2.45, 2.75) is 20.4 Å². The van der Waals surface area contributed by atoms with Crippen molar-refractivity contribution < 1.29 is 14.3 Å². The molecule has 146 valence electrons. The summed E-state index contributed by atoms with van der Waals surface area (Å²) >= 11 is 0. The van der Waals surface area contributed by atoms with Gasteiger partial charge in [0.05, 0.1) is 19.8 Å². The summed E-state index contributed by atoms with van der Waals surface area (Å²) in [4.78, 5) is 32.4.